The molecular formula is C23H26N4O5. The van der Waals surface area contributed by atoms with Crippen LogP contribution in [0.1, 0.15) is 30.6 Å². The van der Waals surface area contributed by atoms with Crippen molar-refractivity contribution in [1.82, 2.24) is 4.90 Å². The molecular weight excluding hydrogens is 412 g/mol. The van der Waals surface area contributed by atoms with Gasteiger partial charge in [0.15, 0.2) is 6.10 Å². The molecule has 3 rings (SSSR count). The first kappa shape index (κ1) is 22.8. The predicted molar refractivity (Wildman–Crippen MR) is 119 cm³/mol. The zero-order chi connectivity index (χ0) is 23.3. The predicted octanol–water partition coefficient (Wildman–Crippen LogP) is 1.78. The molecule has 0 spiro atoms. The number of nitrogens with zero attached hydrogens (tertiary/aromatic N) is 2. The average Bonchev–Trinajstić information content (AvgIpc) is 2.78. The van der Waals surface area contributed by atoms with Crippen LogP contribution < -0.4 is 20.7 Å². The van der Waals surface area contributed by atoms with E-state index in [9.17, 15) is 19.2 Å². The van der Waals surface area contributed by atoms with Gasteiger partial charge in [0.25, 0.3) is 5.91 Å². The summed E-state index contributed by atoms with van der Waals surface area (Å²) in [6.07, 6.45) is -0.769. The van der Waals surface area contributed by atoms with E-state index >= 15 is 0 Å². The smallest absolute Gasteiger partial charge is 0.265 e. The van der Waals surface area contributed by atoms with Gasteiger partial charge in [0.1, 0.15) is 5.75 Å². The molecule has 1 unspecified atom stereocenters. The molecule has 0 bridgehead atoms. The Morgan fingerprint density at radius 1 is 1.12 bits per heavy atom. The van der Waals surface area contributed by atoms with E-state index in [-0.39, 0.29) is 37.2 Å². The maximum Gasteiger partial charge on any atom is 0.265 e. The molecule has 9 nitrogen and oxygen atoms in total. The first-order chi connectivity index (χ1) is 15.3. The Morgan fingerprint density at radius 3 is 2.44 bits per heavy atom. The molecule has 4 amide bonds. The summed E-state index contributed by atoms with van der Waals surface area (Å²) in [7, 11) is 0. The standard InChI is InChI=1S/C23H26N4O5/c1-3-26(13-12-21(29)25-17-10-8-16(9-11-17)22(24)30)23(31)20-14-27(15(2)28)18-6-4-5-7-19(18)32-20/h4-11,20H,3,12-14H2,1-2H3,(H2,24,30)(H,25,29). The van der Waals surface area contributed by atoms with Crippen molar-refractivity contribution >= 4 is 35.0 Å². The molecule has 1 heterocycles. The fourth-order valence-corrected chi connectivity index (χ4v) is 3.47. The van der Waals surface area contributed by atoms with Crippen LogP contribution in [-0.4, -0.2) is 54.3 Å². The molecule has 0 fully saturated rings. The van der Waals surface area contributed by atoms with Crippen LogP contribution >= 0.6 is 0 Å². The van der Waals surface area contributed by atoms with Crippen molar-refractivity contribution in [2.75, 3.05) is 29.9 Å². The Morgan fingerprint density at radius 2 is 1.81 bits per heavy atom. The highest BCUT2D eigenvalue weighted by Gasteiger charge is 2.34. The van der Waals surface area contributed by atoms with Gasteiger partial charge in [-0.05, 0) is 43.3 Å². The number of nitrogens with two attached hydrogens (primary N) is 1. The van der Waals surface area contributed by atoms with Crippen molar-refractivity contribution in [1.29, 1.82) is 0 Å². The molecule has 0 aromatic heterocycles. The summed E-state index contributed by atoms with van der Waals surface area (Å²) in [5.41, 5.74) is 6.71. The first-order valence-corrected chi connectivity index (χ1v) is 10.3. The minimum atomic E-state index is -0.849. The summed E-state index contributed by atoms with van der Waals surface area (Å²) in [5, 5.41) is 2.73. The van der Waals surface area contributed by atoms with Gasteiger partial charge in [-0.15, -0.1) is 0 Å². The molecule has 0 saturated heterocycles. The number of likely N-dealkylation sites (N-methyl/N-ethyl adjacent to an activating group) is 1. The van der Waals surface area contributed by atoms with Crippen LogP contribution in [0.2, 0.25) is 0 Å². The summed E-state index contributed by atoms with van der Waals surface area (Å²) in [4.78, 5) is 51.7. The first-order valence-electron chi connectivity index (χ1n) is 10.3. The van der Waals surface area contributed by atoms with Crippen molar-refractivity contribution in [2.24, 2.45) is 5.73 Å². The van der Waals surface area contributed by atoms with E-state index in [0.29, 0.717) is 29.2 Å². The van der Waals surface area contributed by atoms with E-state index in [1.54, 1.807) is 36.4 Å². The minimum absolute atomic E-state index is 0.0802. The normalized spacial score (nSPS) is 14.7. The SMILES string of the molecule is CCN(CCC(=O)Nc1ccc(C(N)=O)cc1)C(=O)C1CN(C(C)=O)c2ccccc2O1. The van der Waals surface area contributed by atoms with Crippen molar-refractivity contribution in [3.63, 3.8) is 0 Å². The number of ether oxygens (including phenoxy) is 1. The monoisotopic (exact) mass is 438 g/mol. The van der Waals surface area contributed by atoms with Crippen molar-refractivity contribution in [2.45, 2.75) is 26.4 Å². The number of anilines is 2. The van der Waals surface area contributed by atoms with E-state index in [2.05, 4.69) is 5.32 Å². The molecule has 0 radical (unpaired) electrons. The van der Waals surface area contributed by atoms with Crippen LogP contribution in [0.3, 0.4) is 0 Å². The summed E-state index contributed by atoms with van der Waals surface area (Å²) in [6, 6.07) is 13.3. The minimum Gasteiger partial charge on any atom is -0.476 e. The second-order valence-corrected chi connectivity index (χ2v) is 7.36. The summed E-state index contributed by atoms with van der Waals surface area (Å²) >= 11 is 0. The number of hydrogen-bond donors (Lipinski definition) is 2. The van der Waals surface area contributed by atoms with Crippen LogP contribution in [-0.2, 0) is 14.4 Å². The lowest BCUT2D eigenvalue weighted by atomic mass is 10.1. The molecule has 1 aliphatic heterocycles. The Kier molecular flexibility index (Phi) is 7.09. The van der Waals surface area contributed by atoms with Crippen LogP contribution in [0.15, 0.2) is 48.5 Å². The number of hydrogen-bond acceptors (Lipinski definition) is 5. The lowest BCUT2D eigenvalue weighted by molar-refractivity contribution is -0.138. The van der Waals surface area contributed by atoms with Gasteiger partial charge in [0.2, 0.25) is 17.7 Å². The van der Waals surface area contributed by atoms with Gasteiger partial charge in [0, 0.05) is 37.7 Å². The summed E-state index contributed by atoms with van der Waals surface area (Å²) in [6.45, 7) is 3.96. The number of carbonyl (C=O) groups excluding carboxylic acids is 4. The number of rotatable bonds is 7. The molecule has 0 saturated carbocycles. The molecule has 2 aromatic rings. The van der Waals surface area contributed by atoms with Gasteiger partial charge in [-0.2, -0.15) is 0 Å². The number of carbonyl (C=O) groups is 4. The van der Waals surface area contributed by atoms with Crippen LogP contribution in [0.4, 0.5) is 11.4 Å². The lowest BCUT2D eigenvalue weighted by Gasteiger charge is -2.35. The van der Waals surface area contributed by atoms with Gasteiger partial charge in [-0.25, -0.2) is 0 Å². The topological polar surface area (TPSA) is 122 Å². The lowest BCUT2D eigenvalue weighted by Crippen LogP contribution is -2.51. The highest BCUT2D eigenvalue weighted by Crippen LogP contribution is 2.33. The molecule has 32 heavy (non-hydrogen) atoms. The highest BCUT2D eigenvalue weighted by molar-refractivity contribution is 5.96. The van der Waals surface area contributed by atoms with Gasteiger partial charge in [-0.1, -0.05) is 12.1 Å². The van der Waals surface area contributed by atoms with E-state index in [1.807, 2.05) is 6.92 Å². The van der Waals surface area contributed by atoms with Crippen molar-refractivity contribution in [3.8, 4) is 5.75 Å². The van der Waals surface area contributed by atoms with Crippen molar-refractivity contribution < 1.29 is 23.9 Å². The maximum absolute atomic E-state index is 13.1. The van der Waals surface area contributed by atoms with Gasteiger partial charge >= 0.3 is 0 Å². The molecule has 0 aliphatic carbocycles. The van der Waals surface area contributed by atoms with Gasteiger partial charge in [-0.3, -0.25) is 19.2 Å². The zero-order valence-electron chi connectivity index (χ0n) is 18.0. The Hall–Kier alpha value is -3.88. The quantitative estimate of drug-likeness (QED) is 0.682. The Balaban J connectivity index is 1.60. The third-order valence-electron chi connectivity index (χ3n) is 5.18. The number of para-hydroxylation sites is 2. The largest absolute Gasteiger partial charge is 0.476 e. The number of fused-ring (bicyclic) bond motifs is 1. The van der Waals surface area contributed by atoms with E-state index < -0.39 is 12.0 Å². The third kappa shape index (κ3) is 5.23. The van der Waals surface area contributed by atoms with Crippen LogP contribution in [0.25, 0.3) is 0 Å². The number of nitrogens with one attached hydrogen (secondary N) is 1. The Bertz CT molecular complexity index is 1020. The second-order valence-electron chi connectivity index (χ2n) is 7.36. The highest BCUT2D eigenvalue weighted by atomic mass is 16.5. The maximum atomic E-state index is 13.1. The number of primary amides is 1. The Labute approximate surface area is 186 Å². The zero-order valence-corrected chi connectivity index (χ0v) is 18.0. The van der Waals surface area contributed by atoms with E-state index in [1.165, 1.54) is 28.9 Å². The number of benzene rings is 2. The van der Waals surface area contributed by atoms with E-state index in [0.717, 1.165) is 0 Å². The fourth-order valence-electron chi connectivity index (χ4n) is 3.47. The van der Waals surface area contributed by atoms with E-state index in [4.69, 9.17) is 10.5 Å². The number of amides is 4. The van der Waals surface area contributed by atoms with Crippen LogP contribution in [0, 0.1) is 0 Å². The van der Waals surface area contributed by atoms with Gasteiger partial charge < -0.3 is 25.6 Å². The molecule has 168 valence electrons. The van der Waals surface area contributed by atoms with Gasteiger partial charge in [0.05, 0.1) is 12.2 Å². The molecule has 9 heteroatoms. The average molecular weight is 438 g/mol. The molecule has 1 atom stereocenters. The molecule has 2 aromatic carbocycles. The molecule has 3 N–H and O–H groups in total. The second kappa shape index (κ2) is 9.95. The third-order valence-corrected chi connectivity index (χ3v) is 5.18. The molecule has 1 aliphatic rings. The fraction of sp³-hybridized carbons (Fsp3) is 0.304. The summed E-state index contributed by atoms with van der Waals surface area (Å²) in [5.74, 6) is -0.810. The van der Waals surface area contributed by atoms with Crippen LogP contribution in [0.5, 0.6) is 5.75 Å². The van der Waals surface area contributed by atoms with Crippen molar-refractivity contribution in [3.05, 3.63) is 54.1 Å². The summed E-state index contributed by atoms with van der Waals surface area (Å²) < 4.78 is 5.87.